The fourth-order valence-corrected chi connectivity index (χ4v) is 4.62. The highest BCUT2D eigenvalue weighted by Gasteiger charge is 2.34. The van der Waals surface area contributed by atoms with Gasteiger partial charge in [0.1, 0.15) is 0 Å². The molecule has 0 bridgehead atoms. The predicted octanol–water partition coefficient (Wildman–Crippen LogP) is 6.43. The van der Waals surface area contributed by atoms with Crippen LogP contribution in [0.3, 0.4) is 0 Å². The Morgan fingerprint density at radius 1 is 1.22 bits per heavy atom. The van der Waals surface area contributed by atoms with Crippen LogP contribution in [0.25, 0.3) is 11.0 Å². The first-order valence-electron chi connectivity index (χ1n) is 12.0. The molecule has 0 aliphatic carbocycles. The van der Waals surface area contributed by atoms with Gasteiger partial charge in [-0.3, -0.25) is 19.9 Å². The van der Waals surface area contributed by atoms with Gasteiger partial charge in [-0.25, -0.2) is 4.98 Å². The molecule has 1 unspecified atom stereocenters. The number of carbonyl (C=O) groups excluding carboxylic acids is 2. The summed E-state index contributed by atoms with van der Waals surface area (Å²) in [5, 5.41) is 2.58. The lowest BCUT2D eigenvalue weighted by atomic mass is 10.1. The Kier molecular flexibility index (Phi) is 8.96. The first-order valence-corrected chi connectivity index (χ1v) is 12.4. The van der Waals surface area contributed by atoms with Crippen molar-refractivity contribution >= 4 is 40.4 Å². The number of hydrogen-bond donors (Lipinski definition) is 1. The number of halogens is 4. The molecular weight excluding hydrogens is 507 g/mol. The molecule has 11 heteroatoms. The van der Waals surface area contributed by atoms with Crippen molar-refractivity contribution in [1.82, 2.24) is 19.4 Å². The van der Waals surface area contributed by atoms with Crippen LogP contribution in [-0.4, -0.2) is 44.3 Å². The molecule has 1 aromatic carbocycles. The number of anilines is 1. The summed E-state index contributed by atoms with van der Waals surface area (Å²) in [4.78, 5) is 35.4. The molecule has 7 nitrogen and oxygen atoms in total. The van der Waals surface area contributed by atoms with Gasteiger partial charge in [0.15, 0.2) is 0 Å². The van der Waals surface area contributed by atoms with Crippen molar-refractivity contribution < 1.29 is 22.8 Å². The van der Waals surface area contributed by atoms with Gasteiger partial charge in [0.05, 0.1) is 27.7 Å². The van der Waals surface area contributed by atoms with Gasteiger partial charge in [-0.05, 0) is 56.5 Å². The fraction of sp³-hybridized carbons (Fsp3) is 0.385. The maximum absolute atomic E-state index is 13.4. The third kappa shape index (κ3) is 6.30. The van der Waals surface area contributed by atoms with Gasteiger partial charge in [0, 0.05) is 30.5 Å². The van der Waals surface area contributed by atoms with Crippen molar-refractivity contribution in [1.29, 1.82) is 0 Å². The van der Waals surface area contributed by atoms with Crippen LogP contribution in [0.4, 0.5) is 19.1 Å². The third-order valence-electron chi connectivity index (χ3n) is 5.95. The van der Waals surface area contributed by atoms with Crippen LogP contribution in [0.1, 0.15) is 60.8 Å². The molecular formula is C26H29ClF3N5O2. The van der Waals surface area contributed by atoms with Gasteiger partial charge in [-0.2, -0.15) is 13.2 Å². The minimum absolute atomic E-state index is 0.00289. The van der Waals surface area contributed by atoms with E-state index in [4.69, 9.17) is 11.6 Å². The average Bonchev–Trinajstić information content (AvgIpc) is 3.05. The first kappa shape index (κ1) is 28.2. The molecule has 2 aromatic heterocycles. The van der Waals surface area contributed by atoms with E-state index in [1.54, 1.807) is 22.5 Å². The quantitative estimate of drug-likeness (QED) is 0.390. The molecule has 1 atom stereocenters. The SMILES string of the molecule is C=CC(=O)N1CCCCC(n2c(NC(=O)c3ccnc(C)c3)nc3cc(C(F)(F)F)cc(Cl)c32)C1.CC. The van der Waals surface area contributed by atoms with Crippen LogP contribution < -0.4 is 5.32 Å². The lowest BCUT2D eigenvalue weighted by Crippen LogP contribution is -2.34. The molecule has 0 spiro atoms. The van der Waals surface area contributed by atoms with Crippen molar-refractivity contribution in [2.24, 2.45) is 0 Å². The van der Waals surface area contributed by atoms with Crippen LogP contribution in [0.15, 0.2) is 43.1 Å². The predicted molar refractivity (Wildman–Crippen MR) is 138 cm³/mol. The number of hydrogen-bond acceptors (Lipinski definition) is 4. The standard InChI is InChI=1S/C24H23ClF3N5O2.C2H6/c1-3-20(34)32-9-5-4-6-17(13-32)33-21-18(25)11-16(24(26,27)28)12-19(21)30-23(33)31-22(35)15-7-8-29-14(2)10-15;1-2/h3,7-8,10-12,17H,1,4-6,9,13H2,2H3,(H,30,31,35);1-2H3. The number of amides is 2. The number of benzene rings is 1. The number of aromatic nitrogens is 3. The first-order chi connectivity index (χ1) is 17.6. The Balaban J connectivity index is 0.00000186. The number of nitrogens with one attached hydrogen (secondary N) is 1. The van der Waals surface area contributed by atoms with Crippen LogP contribution in [-0.2, 0) is 11.0 Å². The number of rotatable bonds is 4. The lowest BCUT2D eigenvalue weighted by molar-refractivity contribution is -0.137. The maximum atomic E-state index is 13.4. The van der Waals surface area contributed by atoms with Gasteiger partial charge in [0.25, 0.3) is 5.91 Å². The summed E-state index contributed by atoms with van der Waals surface area (Å²) >= 11 is 6.37. The normalized spacial score (nSPS) is 16.0. The molecule has 1 N–H and O–H groups in total. The van der Waals surface area contributed by atoms with E-state index in [0.717, 1.165) is 25.0 Å². The third-order valence-corrected chi connectivity index (χ3v) is 6.24. The molecule has 4 rings (SSSR count). The molecule has 1 fully saturated rings. The summed E-state index contributed by atoms with van der Waals surface area (Å²) in [6, 6.07) is 4.50. The van der Waals surface area contributed by atoms with E-state index >= 15 is 0 Å². The lowest BCUT2D eigenvalue weighted by Gasteiger charge is -2.26. The maximum Gasteiger partial charge on any atom is 0.416 e. The molecule has 37 heavy (non-hydrogen) atoms. The van der Waals surface area contributed by atoms with E-state index in [9.17, 15) is 22.8 Å². The van der Waals surface area contributed by atoms with E-state index in [0.29, 0.717) is 24.2 Å². The van der Waals surface area contributed by atoms with Crippen LogP contribution in [0.5, 0.6) is 0 Å². The van der Waals surface area contributed by atoms with Crippen LogP contribution in [0, 0.1) is 6.92 Å². The smallest absolute Gasteiger partial charge is 0.337 e. The Hall–Kier alpha value is -3.40. The Morgan fingerprint density at radius 2 is 1.95 bits per heavy atom. The van der Waals surface area contributed by atoms with Gasteiger partial charge in [-0.1, -0.05) is 32.0 Å². The Labute approximate surface area is 218 Å². The number of aryl methyl sites for hydroxylation is 1. The van der Waals surface area contributed by atoms with Gasteiger partial charge >= 0.3 is 6.18 Å². The van der Waals surface area contributed by atoms with Crippen LogP contribution >= 0.6 is 11.6 Å². The molecule has 3 heterocycles. The van der Waals surface area contributed by atoms with E-state index < -0.39 is 17.6 Å². The number of likely N-dealkylation sites (tertiary alicyclic amines) is 1. The van der Waals surface area contributed by atoms with Gasteiger partial charge < -0.3 is 9.47 Å². The zero-order valence-electron chi connectivity index (χ0n) is 20.9. The molecule has 0 radical (unpaired) electrons. The monoisotopic (exact) mass is 535 g/mol. The van der Waals surface area contributed by atoms with Crippen LogP contribution in [0.2, 0.25) is 5.02 Å². The van der Waals surface area contributed by atoms with E-state index in [1.807, 2.05) is 13.8 Å². The molecule has 1 aliphatic heterocycles. The molecule has 198 valence electrons. The summed E-state index contributed by atoms with van der Waals surface area (Å²) in [7, 11) is 0. The summed E-state index contributed by atoms with van der Waals surface area (Å²) in [5.74, 6) is -0.685. The Morgan fingerprint density at radius 3 is 2.59 bits per heavy atom. The number of nitrogens with zero attached hydrogens (tertiary/aromatic N) is 4. The summed E-state index contributed by atoms with van der Waals surface area (Å²) < 4.78 is 41.9. The number of pyridine rings is 1. The highest BCUT2D eigenvalue weighted by molar-refractivity contribution is 6.35. The second-order valence-electron chi connectivity index (χ2n) is 8.41. The van der Waals surface area contributed by atoms with E-state index in [2.05, 4.69) is 21.9 Å². The number of alkyl halides is 3. The van der Waals surface area contributed by atoms with Crippen molar-refractivity contribution in [2.45, 2.75) is 52.3 Å². The zero-order chi connectivity index (χ0) is 27.3. The Bertz CT molecular complexity index is 1310. The summed E-state index contributed by atoms with van der Waals surface area (Å²) in [6.45, 7) is 10.1. The van der Waals surface area contributed by atoms with E-state index in [-0.39, 0.29) is 40.5 Å². The molecule has 2 amide bonds. The van der Waals surface area contributed by atoms with Gasteiger partial charge in [-0.15, -0.1) is 0 Å². The average molecular weight is 536 g/mol. The molecule has 0 saturated carbocycles. The van der Waals surface area contributed by atoms with Crippen molar-refractivity contribution in [3.8, 4) is 0 Å². The topological polar surface area (TPSA) is 80.1 Å². The minimum Gasteiger partial charge on any atom is -0.337 e. The van der Waals surface area contributed by atoms with Crippen molar-refractivity contribution in [3.63, 3.8) is 0 Å². The summed E-state index contributed by atoms with van der Waals surface area (Å²) in [5.41, 5.74) is 0.274. The number of imidazole rings is 1. The highest BCUT2D eigenvalue weighted by Crippen LogP contribution is 2.38. The van der Waals surface area contributed by atoms with Gasteiger partial charge in [0.2, 0.25) is 11.9 Å². The molecule has 1 aliphatic rings. The second kappa shape index (κ2) is 11.8. The number of carbonyl (C=O) groups is 2. The van der Waals surface area contributed by atoms with Crippen molar-refractivity contribution in [2.75, 3.05) is 18.4 Å². The van der Waals surface area contributed by atoms with Crippen molar-refractivity contribution in [3.05, 3.63) is 65.0 Å². The summed E-state index contributed by atoms with van der Waals surface area (Å²) in [6.07, 6.45) is 0.234. The van der Waals surface area contributed by atoms with E-state index in [1.165, 1.54) is 18.3 Å². The largest absolute Gasteiger partial charge is 0.416 e. The molecule has 3 aromatic rings. The highest BCUT2D eigenvalue weighted by atomic mass is 35.5. The number of fused-ring (bicyclic) bond motifs is 1. The molecule has 1 saturated heterocycles. The second-order valence-corrected chi connectivity index (χ2v) is 8.81. The zero-order valence-corrected chi connectivity index (χ0v) is 21.7. The minimum atomic E-state index is -4.62. The fourth-order valence-electron chi connectivity index (χ4n) is 4.31.